The molecule has 2 saturated carbocycles. The zero-order valence-corrected chi connectivity index (χ0v) is 18.3. The predicted octanol–water partition coefficient (Wildman–Crippen LogP) is 8.27. The third-order valence-electron chi connectivity index (χ3n) is 7.33. The Morgan fingerprint density at radius 2 is 1.54 bits per heavy atom. The Balaban J connectivity index is 1.43. The fourth-order valence-electron chi connectivity index (χ4n) is 5.21. The molecule has 28 heavy (non-hydrogen) atoms. The van der Waals surface area contributed by atoms with Gasteiger partial charge in [-0.1, -0.05) is 69.6 Å². The van der Waals surface area contributed by atoms with E-state index in [0.717, 1.165) is 29.2 Å². The highest BCUT2D eigenvalue weighted by Gasteiger charge is 2.21. The van der Waals surface area contributed by atoms with Crippen molar-refractivity contribution in [1.29, 1.82) is 0 Å². The summed E-state index contributed by atoms with van der Waals surface area (Å²) >= 11 is 0. The topological polar surface area (TPSA) is 0 Å². The number of unbranched alkanes of at least 4 members (excludes halogenated alkanes) is 1. The van der Waals surface area contributed by atoms with Crippen molar-refractivity contribution in [2.45, 2.75) is 96.8 Å². The maximum Gasteiger partial charge on any atom is 0.0249 e. The third kappa shape index (κ3) is 6.55. The molecular formula is C28H40. The Kier molecular flexibility index (Phi) is 8.72. The highest BCUT2D eigenvalue weighted by atomic mass is 14.3. The number of hydrogen-bond acceptors (Lipinski definition) is 0. The van der Waals surface area contributed by atoms with Gasteiger partial charge in [-0.3, -0.25) is 0 Å². The summed E-state index contributed by atoms with van der Waals surface area (Å²) in [6, 6.07) is 9.09. The van der Waals surface area contributed by atoms with E-state index in [2.05, 4.69) is 62.1 Å². The largest absolute Gasteiger partial charge is 0.0730 e. The van der Waals surface area contributed by atoms with Crippen molar-refractivity contribution in [1.82, 2.24) is 0 Å². The fourth-order valence-corrected chi connectivity index (χ4v) is 5.21. The molecule has 0 amide bonds. The summed E-state index contributed by atoms with van der Waals surface area (Å²) in [5.41, 5.74) is 2.68. The van der Waals surface area contributed by atoms with Gasteiger partial charge in [-0.15, -0.1) is 0 Å². The number of allylic oxidation sites excluding steroid dienone is 2. The molecule has 2 fully saturated rings. The molecule has 0 aliphatic heterocycles. The molecule has 3 rings (SSSR count). The average molecular weight is 377 g/mol. The summed E-state index contributed by atoms with van der Waals surface area (Å²) < 4.78 is 0. The molecule has 0 spiro atoms. The van der Waals surface area contributed by atoms with E-state index < -0.39 is 0 Å². The van der Waals surface area contributed by atoms with E-state index in [4.69, 9.17) is 0 Å². The first kappa shape index (κ1) is 21.2. The maximum atomic E-state index is 3.33. The summed E-state index contributed by atoms with van der Waals surface area (Å²) in [6.07, 6.45) is 21.2. The molecule has 1 aromatic rings. The van der Waals surface area contributed by atoms with E-state index in [1.165, 1.54) is 82.6 Å². The first-order valence-corrected chi connectivity index (χ1v) is 12.1. The van der Waals surface area contributed by atoms with E-state index in [1.54, 1.807) is 0 Å². The van der Waals surface area contributed by atoms with Gasteiger partial charge in [-0.25, -0.2) is 0 Å². The third-order valence-corrected chi connectivity index (χ3v) is 7.33. The summed E-state index contributed by atoms with van der Waals surface area (Å²) in [4.78, 5) is 0. The van der Waals surface area contributed by atoms with Crippen LogP contribution < -0.4 is 0 Å². The van der Waals surface area contributed by atoms with Gasteiger partial charge in [0.15, 0.2) is 0 Å². The Hall–Kier alpha value is -1.48. The Labute approximate surface area is 174 Å². The lowest BCUT2D eigenvalue weighted by Gasteiger charge is -2.28. The first-order valence-electron chi connectivity index (χ1n) is 12.1. The molecule has 0 unspecified atom stereocenters. The minimum absolute atomic E-state index is 0.757. The van der Waals surface area contributed by atoms with Crippen LogP contribution in [0.4, 0.5) is 0 Å². The van der Waals surface area contributed by atoms with E-state index in [9.17, 15) is 0 Å². The normalized spacial score (nSPS) is 28.1. The van der Waals surface area contributed by atoms with Crippen LogP contribution >= 0.6 is 0 Å². The van der Waals surface area contributed by atoms with Gasteiger partial charge >= 0.3 is 0 Å². The van der Waals surface area contributed by atoms with Gasteiger partial charge in [0.25, 0.3) is 0 Å². The predicted molar refractivity (Wildman–Crippen MR) is 122 cm³/mol. The van der Waals surface area contributed by atoms with Crippen LogP contribution in [-0.4, -0.2) is 0 Å². The lowest BCUT2D eigenvalue weighted by atomic mass is 9.78. The summed E-state index contributed by atoms with van der Waals surface area (Å²) in [5, 5.41) is 0. The van der Waals surface area contributed by atoms with Gasteiger partial charge in [0, 0.05) is 5.56 Å². The molecule has 0 radical (unpaired) electrons. The molecule has 0 aromatic heterocycles. The zero-order chi connectivity index (χ0) is 19.6. The monoisotopic (exact) mass is 376 g/mol. The number of hydrogen-bond donors (Lipinski definition) is 0. The van der Waals surface area contributed by atoms with Crippen LogP contribution in [0.2, 0.25) is 0 Å². The molecule has 0 heteroatoms. The van der Waals surface area contributed by atoms with E-state index in [0.29, 0.717) is 0 Å². The van der Waals surface area contributed by atoms with E-state index >= 15 is 0 Å². The van der Waals surface area contributed by atoms with Gasteiger partial charge < -0.3 is 0 Å². The first-order chi connectivity index (χ1) is 13.8. The SMILES string of the molecule is CCCC[C@H]1CC[C@H](C=CC#Cc2ccc([C@H]3CC[C@H](CC)CC3)cc2)CC1. The van der Waals surface area contributed by atoms with Crippen molar-refractivity contribution in [3.8, 4) is 11.8 Å². The van der Waals surface area contributed by atoms with Crippen molar-refractivity contribution in [3.05, 3.63) is 47.5 Å². The smallest absolute Gasteiger partial charge is 0.0249 e. The van der Waals surface area contributed by atoms with Gasteiger partial charge in [0.05, 0.1) is 0 Å². The van der Waals surface area contributed by atoms with Gasteiger partial charge in [0.2, 0.25) is 0 Å². The second-order valence-corrected chi connectivity index (χ2v) is 9.30. The zero-order valence-electron chi connectivity index (χ0n) is 18.3. The molecule has 0 bridgehead atoms. The number of rotatable bonds is 6. The summed E-state index contributed by atoms with van der Waals surface area (Å²) in [5.74, 6) is 10.1. The molecule has 0 saturated heterocycles. The fraction of sp³-hybridized carbons (Fsp3) is 0.643. The van der Waals surface area contributed by atoms with Crippen molar-refractivity contribution in [2.75, 3.05) is 0 Å². The van der Waals surface area contributed by atoms with Crippen LogP contribution in [0.3, 0.4) is 0 Å². The Morgan fingerprint density at radius 3 is 2.18 bits per heavy atom. The summed E-state index contributed by atoms with van der Waals surface area (Å²) in [7, 11) is 0. The van der Waals surface area contributed by atoms with Gasteiger partial charge in [-0.05, 0) is 98.8 Å². The Bertz CT molecular complexity index is 638. The van der Waals surface area contributed by atoms with Crippen LogP contribution in [0.5, 0.6) is 0 Å². The van der Waals surface area contributed by atoms with Crippen LogP contribution in [0.15, 0.2) is 36.4 Å². The minimum atomic E-state index is 0.757. The van der Waals surface area contributed by atoms with Crippen LogP contribution in [-0.2, 0) is 0 Å². The molecule has 2 aliphatic carbocycles. The summed E-state index contributed by atoms with van der Waals surface area (Å²) in [6.45, 7) is 4.64. The lowest BCUT2D eigenvalue weighted by Crippen LogP contribution is -2.12. The van der Waals surface area contributed by atoms with Gasteiger partial charge in [0.1, 0.15) is 0 Å². The minimum Gasteiger partial charge on any atom is -0.0730 e. The Morgan fingerprint density at radius 1 is 0.857 bits per heavy atom. The van der Waals surface area contributed by atoms with Crippen molar-refractivity contribution in [3.63, 3.8) is 0 Å². The van der Waals surface area contributed by atoms with Gasteiger partial charge in [-0.2, -0.15) is 0 Å². The highest BCUT2D eigenvalue weighted by molar-refractivity contribution is 5.39. The van der Waals surface area contributed by atoms with Crippen molar-refractivity contribution >= 4 is 0 Å². The molecule has 0 N–H and O–H groups in total. The number of benzene rings is 1. The van der Waals surface area contributed by atoms with Crippen LogP contribution in [0.1, 0.15) is 108 Å². The van der Waals surface area contributed by atoms with Crippen LogP contribution in [0, 0.1) is 29.6 Å². The quantitative estimate of drug-likeness (QED) is 0.438. The van der Waals surface area contributed by atoms with Crippen molar-refractivity contribution < 1.29 is 0 Å². The average Bonchev–Trinajstić information content (AvgIpc) is 2.76. The molecule has 152 valence electrons. The standard InChI is InChI=1S/C28H40/c1-3-5-8-24-11-13-25(14-12-24)9-6-7-10-26-17-21-28(22-18-26)27-19-15-23(4-2)16-20-27/h6,9,17-18,21-25,27H,3-5,8,11-16,19-20H2,1-2H3/t23-,24-,25-,27-. The van der Waals surface area contributed by atoms with Crippen LogP contribution in [0.25, 0.3) is 0 Å². The van der Waals surface area contributed by atoms with E-state index in [-0.39, 0.29) is 0 Å². The molecule has 0 heterocycles. The molecule has 0 atom stereocenters. The van der Waals surface area contributed by atoms with Crippen molar-refractivity contribution in [2.24, 2.45) is 17.8 Å². The second-order valence-electron chi connectivity index (χ2n) is 9.30. The maximum absolute atomic E-state index is 3.33. The highest BCUT2D eigenvalue weighted by Crippen LogP contribution is 2.37. The molecule has 1 aromatic carbocycles. The molecular weight excluding hydrogens is 336 g/mol. The van der Waals surface area contributed by atoms with E-state index in [1.807, 2.05) is 0 Å². The molecule has 2 aliphatic rings. The molecule has 0 nitrogen and oxygen atoms in total. The lowest BCUT2D eigenvalue weighted by molar-refractivity contribution is 0.291. The second kappa shape index (κ2) is 11.5.